The Kier molecular flexibility index (Phi) is 8.22. The van der Waals surface area contributed by atoms with E-state index in [4.69, 9.17) is 26.8 Å². The van der Waals surface area contributed by atoms with E-state index in [2.05, 4.69) is 17.9 Å². The van der Waals surface area contributed by atoms with Crippen molar-refractivity contribution in [2.24, 2.45) is 5.73 Å². The van der Waals surface area contributed by atoms with Gasteiger partial charge in [0.2, 0.25) is 0 Å². The number of aryl methyl sites for hydroxylation is 1. The van der Waals surface area contributed by atoms with Crippen LogP contribution in [-0.4, -0.2) is 51.5 Å². The second kappa shape index (κ2) is 9.38. The normalized spacial score (nSPS) is 14.4. The number of benzene rings is 1. The summed E-state index contributed by atoms with van der Waals surface area (Å²) in [4.78, 5) is 2.31. The number of methoxy groups -OCH3 is 2. The highest BCUT2D eigenvalue weighted by molar-refractivity contribution is 6.31. The topological polar surface area (TPSA) is 47.7 Å². The summed E-state index contributed by atoms with van der Waals surface area (Å²) in [6.45, 7) is 6.77. The van der Waals surface area contributed by atoms with E-state index in [-0.39, 0.29) is 12.1 Å². The number of hydrogen-bond donors (Lipinski definition) is 1. The lowest BCUT2D eigenvalue weighted by Crippen LogP contribution is -2.43. The molecule has 0 aliphatic carbocycles. The van der Waals surface area contributed by atoms with Crippen LogP contribution in [0.15, 0.2) is 18.2 Å². The molecule has 0 fully saturated rings. The molecule has 2 atom stereocenters. The molecule has 2 N–H and O–H groups in total. The van der Waals surface area contributed by atoms with Crippen LogP contribution in [0, 0.1) is 6.92 Å². The molecule has 0 aliphatic heterocycles. The summed E-state index contributed by atoms with van der Waals surface area (Å²) in [5.74, 6) is 0. The summed E-state index contributed by atoms with van der Waals surface area (Å²) < 4.78 is 10.5. The van der Waals surface area contributed by atoms with Crippen LogP contribution >= 0.6 is 11.6 Å². The maximum Gasteiger partial charge on any atom is 0.0615 e. The average Bonchev–Trinajstić information content (AvgIpc) is 2.47. The lowest BCUT2D eigenvalue weighted by Gasteiger charge is -2.36. The second-order valence-electron chi connectivity index (χ2n) is 5.30. The Morgan fingerprint density at radius 1 is 1.29 bits per heavy atom. The van der Waals surface area contributed by atoms with Crippen LogP contribution in [-0.2, 0) is 9.47 Å². The molecule has 4 nitrogen and oxygen atoms in total. The lowest BCUT2D eigenvalue weighted by molar-refractivity contribution is 0.0487. The first-order chi connectivity index (χ1) is 10.0. The van der Waals surface area contributed by atoms with Gasteiger partial charge >= 0.3 is 0 Å². The fraction of sp³-hybridized carbons (Fsp3) is 0.625. The predicted octanol–water partition coefficient (Wildman–Crippen LogP) is 2.63. The number of nitrogens with zero attached hydrogens (tertiary/aromatic N) is 1. The van der Waals surface area contributed by atoms with Gasteiger partial charge in [0.05, 0.1) is 13.2 Å². The summed E-state index contributed by atoms with van der Waals surface area (Å²) >= 11 is 6.26. The molecule has 0 aromatic heterocycles. The van der Waals surface area contributed by atoms with E-state index in [1.165, 1.54) is 0 Å². The zero-order chi connectivity index (χ0) is 15.8. The molecule has 120 valence electrons. The first kappa shape index (κ1) is 18.4. The fourth-order valence-electron chi connectivity index (χ4n) is 2.50. The maximum atomic E-state index is 6.26. The third-order valence-corrected chi connectivity index (χ3v) is 4.14. The molecule has 1 aromatic rings. The smallest absolute Gasteiger partial charge is 0.0615 e. The van der Waals surface area contributed by atoms with Crippen LogP contribution < -0.4 is 5.73 Å². The van der Waals surface area contributed by atoms with E-state index in [9.17, 15) is 0 Å². The lowest BCUT2D eigenvalue weighted by atomic mass is 10.0. The van der Waals surface area contributed by atoms with Crippen LogP contribution in [0.3, 0.4) is 0 Å². The molecule has 0 saturated heterocycles. The van der Waals surface area contributed by atoms with Crippen LogP contribution in [0.25, 0.3) is 0 Å². The highest BCUT2D eigenvalue weighted by Gasteiger charge is 2.24. The summed E-state index contributed by atoms with van der Waals surface area (Å²) in [5, 5.41) is 0.775. The van der Waals surface area contributed by atoms with Crippen molar-refractivity contribution in [1.29, 1.82) is 0 Å². The van der Waals surface area contributed by atoms with Gasteiger partial charge in [0.1, 0.15) is 0 Å². The minimum Gasteiger partial charge on any atom is -0.383 e. The van der Waals surface area contributed by atoms with Gasteiger partial charge in [-0.2, -0.15) is 0 Å². The second-order valence-corrected chi connectivity index (χ2v) is 5.70. The van der Waals surface area contributed by atoms with Crippen molar-refractivity contribution in [3.63, 3.8) is 0 Å². The summed E-state index contributed by atoms with van der Waals surface area (Å²) in [5.41, 5.74) is 8.24. The first-order valence-corrected chi connectivity index (χ1v) is 7.62. The molecular weight excluding hydrogens is 288 g/mol. The molecule has 1 aromatic carbocycles. The predicted molar refractivity (Wildman–Crippen MR) is 87.9 cm³/mol. The molecule has 0 bridgehead atoms. The molecule has 0 spiro atoms. The Labute approximate surface area is 133 Å². The molecule has 0 amide bonds. The summed E-state index contributed by atoms with van der Waals surface area (Å²) in [7, 11) is 3.42. The zero-order valence-electron chi connectivity index (χ0n) is 13.4. The Bertz CT molecular complexity index is 429. The highest BCUT2D eigenvalue weighted by atomic mass is 35.5. The van der Waals surface area contributed by atoms with Crippen molar-refractivity contribution in [1.82, 2.24) is 4.90 Å². The minimum absolute atomic E-state index is 0.100. The largest absolute Gasteiger partial charge is 0.383 e. The standard InChI is InChI=1S/C16H27ClN2O2/c1-12-5-6-14(9-15(12)17)16(10-18)19(7-8-20-3)13(2)11-21-4/h5-6,9,13,16H,7-8,10-11,18H2,1-4H3. The molecular formula is C16H27ClN2O2. The van der Waals surface area contributed by atoms with Crippen molar-refractivity contribution in [3.05, 3.63) is 34.3 Å². The van der Waals surface area contributed by atoms with Gasteiger partial charge in [0.25, 0.3) is 0 Å². The van der Waals surface area contributed by atoms with Crippen LogP contribution in [0.4, 0.5) is 0 Å². The highest BCUT2D eigenvalue weighted by Crippen LogP contribution is 2.26. The van der Waals surface area contributed by atoms with E-state index >= 15 is 0 Å². The summed E-state index contributed by atoms with van der Waals surface area (Å²) in [6, 6.07) is 6.49. The van der Waals surface area contributed by atoms with E-state index in [1.54, 1.807) is 14.2 Å². The average molecular weight is 315 g/mol. The van der Waals surface area contributed by atoms with Gasteiger partial charge < -0.3 is 15.2 Å². The van der Waals surface area contributed by atoms with Crippen LogP contribution in [0.2, 0.25) is 5.02 Å². The Hall–Kier alpha value is -0.650. The minimum atomic E-state index is 0.100. The quantitative estimate of drug-likeness (QED) is 0.761. The molecule has 0 radical (unpaired) electrons. The van der Waals surface area contributed by atoms with Gasteiger partial charge in [0.15, 0.2) is 0 Å². The third kappa shape index (κ3) is 5.24. The van der Waals surface area contributed by atoms with E-state index < -0.39 is 0 Å². The number of ether oxygens (including phenoxy) is 2. The molecule has 21 heavy (non-hydrogen) atoms. The fourth-order valence-corrected chi connectivity index (χ4v) is 2.69. The number of halogens is 1. The first-order valence-electron chi connectivity index (χ1n) is 7.24. The Balaban J connectivity index is 3.00. The number of rotatable bonds is 9. The van der Waals surface area contributed by atoms with Crippen molar-refractivity contribution < 1.29 is 9.47 Å². The summed E-state index contributed by atoms with van der Waals surface area (Å²) in [6.07, 6.45) is 0. The monoisotopic (exact) mass is 314 g/mol. The molecule has 5 heteroatoms. The van der Waals surface area contributed by atoms with Crippen LogP contribution in [0.1, 0.15) is 24.1 Å². The SMILES string of the molecule is COCCN(C(C)COC)C(CN)c1ccc(C)c(Cl)c1. The van der Waals surface area contributed by atoms with Crippen molar-refractivity contribution in [3.8, 4) is 0 Å². The van der Waals surface area contributed by atoms with Gasteiger partial charge in [-0.05, 0) is 31.0 Å². The zero-order valence-corrected chi connectivity index (χ0v) is 14.2. The number of nitrogens with two attached hydrogens (primary N) is 1. The van der Waals surface area contributed by atoms with Gasteiger partial charge in [-0.3, -0.25) is 4.90 Å². The number of hydrogen-bond acceptors (Lipinski definition) is 4. The molecule has 0 saturated carbocycles. The molecule has 0 heterocycles. The Morgan fingerprint density at radius 3 is 2.52 bits per heavy atom. The Morgan fingerprint density at radius 2 is 2.00 bits per heavy atom. The van der Waals surface area contributed by atoms with E-state index in [1.807, 2.05) is 19.1 Å². The van der Waals surface area contributed by atoms with Crippen molar-refractivity contribution in [2.75, 3.05) is 40.5 Å². The van der Waals surface area contributed by atoms with Gasteiger partial charge in [-0.25, -0.2) is 0 Å². The van der Waals surface area contributed by atoms with Gasteiger partial charge in [0, 0.05) is 44.4 Å². The maximum absolute atomic E-state index is 6.26. The van der Waals surface area contributed by atoms with Crippen molar-refractivity contribution >= 4 is 11.6 Å². The van der Waals surface area contributed by atoms with Gasteiger partial charge in [-0.1, -0.05) is 23.7 Å². The molecule has 1 rings (SSSR count). The van der Waals surface area contributed by atoms with E-state index in [0.29, 0.717) is 19.8 Å². The molecule has 0 aliphatic rings. The van der Waals surface area contributed by atoms with Crippen molar-refractivity contribution in [2.45, 2.75) is 25.9 Å². The van der Waals surface area contributed by atoms with Crippen LogP contribution in [0.5, 0.6) is 0 Å². The molecule has 2 unspecified atom stereocenters. The van der Waals surface area contributed by atoms with E-state index in [0.717, 1.165) is 22.7 Å². The third-order valence-electron chi connectivity index (χ3n) is 3.73. The van der Waals surface area contributed by atoms with Gasteiger partial charge in [-0.15, -0.1) is 0 Å².